The number of benzene rings is 1. The number of hydrogen-bond donors (Lipinski definition) is 1. The molecule has 1 rings (SSSR count). The number of aliphatic carboxylic acids is 1. The molecule has 21 heavy (non-hydrogen) atoms. The van der Waals surface area contributed by atoms with Crippen LogP contribution in [0.15, 0.2) is 24.3 Å². The van der Waals surface area contributed by atoms with Crippen LogP contribution in [0, 0.1) is 6.92 Å². The van der Waals surface area contributed by atoms with Crippen LogP contribution in [-0.4, -0.2) is 23.7 Å². The van der Waals surface area contributed by atoms with Gasteiger partial charge in [0.15, 0.2) is 0 Å². The van der Waals surface area contributed by atoms with Gasteiger partial charge in [0.25, 0.3) is 0 Å². The Kier molecular flexibility index (Phi) is 6.40. The Morgan fingerprint density at radius 2 is 1.71 bits per heavy atom. The summed E-state index contributed by atoms with van der Waals surface area (Å²) in [5, 5.41) is 8.94. The van der Waals surface area contributed by atoms with Gasteiger partial charge in [-0.25, -0.2) is 0 Å². The lowest BCUT2D eigenvalue weighted by atomic mass is 9.75. The van der Waals surface area contributed by atoms with Crippen LogP contribution in [0.3, 0.4) is 0 Å². The fourth-order valence-corrected chi connectivity index (χ4v) is 2.36. The first-order valence-electron chi connectivity index (χ1n) is 7.32. The van der Waals surface area contributed by atoms with Crippen molar-refractivity contribution in [1.82, 2.24) is 0 Å². The molecule has 0 amide bonds. The molecule has 116 valence electrons. The van der Waals surface area contributed by atoms with Gasteiger partial charge in [0.1, 0.15) is 0 Å². The summed E-state index contributed by atoms with van der Waals surface area (Å²) in [4.78, 5) is 22.5. The van der Waals surface area contributed by atoms with E-state index in [-0.39, 0.29) is 17.8 Å². The maximum atomic E-state index is 11.6. The molecule has 1 unspecified atom stereocenters. The highest BCUT2D eigenvalue weighted by atomic mass is 16.5. The number of carboxylic acids is 1. The first-order valence-corrected chi connectivity index (χ1v) is 7.32. The van der Waals surface area contributed by atoms with Gasteiger partial charge in [-0.05, 0) is 37.7 Å². The van der Waals surface area contributed by atoms with Crippen LogP contribution in [0.5, 0.6) is 0 Å². The van der Waals surface area contributed by atoms with Crippen molar-refractivity contribution in [3.05, 3.63) is 35.4 Å². The van der Waals surface area contributed by atoms with Crippen LogP contribution < -0.4 is 0 Å². The molecule has 0 aliphatic heterocycles. The van der Waals surface area contributed by atoms with E-state index in [1.807, 2.05) is 38.1 Å². The Hall–Kier alpha value is -1.84. The zero-order chi connectivity index (χ0) is 15.9. The van der Waals surface area contributed by atoms with E-state index in [0.717, 1.165) is 11.1 Å². The Bertz CT molecular complexity index is 478. The van der Waals surface area contributed by atoms with E-state index in [9.17, 15) is 9.59 Å². The normalized spacial score (nSPS) is 13.5. The molecule has 4 heteroatoms. The Balaban J connectivity index is 2.85. The first-order chi connectivity index (χ1) is 9.87. The highest BCUT2D eigenvalue weighted by Gasteiger charge is 2.28. The SMILES string of the molecule is CCOC(=O)CCC(C)(CCC(=O)O)c1ccc(C)cc1. The van der Waals surface area contributed by atoms with E-state index in [1.54, 1.807) is 6.92 Å². The summed E-state index contributed by atoms with van der Waals surface area (Å²) < 4.78 is 4.96. The molecule has 0 saturated heterocycles. The molecule has 0 aliphatic carbocycles. The Morgan fingerprint density at radius 1 is 1.14 bits per heavy atom. The molecule has 0 saturated carbocycles. The summed E-state index contributed by atoms with van der Waals surface area (Å²) in [5.41, 5.74) is 1.89. The molecule has 4 nitrogen and oxygen atoms in total. The average Bonchev–Trinajstić information content (AvgIpc) is 2.44. The Morgan fingerprint density at radius 3 is 2.24 bits per heavy atom. The second-order valence-corrected chi connectivity index (χ2v) is 5.63. The summed E-state index contributed by atoms with van der Waals surface area (Å²) in [6.07, 6.45) is 1.48. The molecule has 1 atom stereocenters. The minimum Gasteiger partial charge on any atom is -0.481 e. The third-order valence-corrected chi connectivity index (χ3v) is 3.83. The van der Waals surface area contributed by atoms with E-state index >= 15 is 0 Å². The molecule has 0 fully saturated rings. The monoisotopic (exact) mass is 292 g/mol. The highest BCUT2D eigenvalue weighted by molar-refractivity contribution is 5.69. The van der Waals surface area contributed by atoms with E-state index in [2.05, 4.69) is 0 Å². The number of hydrogen-bond acceptors (Lipinski definition) is 3. The predicted molar refractivity (Wildman–Crippen MR) is 81.3 cm³/mol. The van der Waals surface area contributed by atoms with Crippen LogP contribution in [0.4, 0.5) is 0 Å². The molecule has 1 N–H and O–H groups in total. The molecule has 0 aromatic heterocycles. The van der Waals surface area contributed by atoms with Crippen molar-refractivity contribution >= 4 is 11.9 Å². The van der Waals surface area contributed by atoms with Crippen molar-refractivity contribution in [2.75, 3.05) is 6.61 Å². The molecule has 1 aromatic rings. The number of rotatable bonds is 8. The van der Waals surface area contributed by atoms with Gasteiger partial charge in [0, 0.05) is 12.8 Å². The first kappa shape index (κ1) is 17.2. The minimum atomic E-state index is -0.815. The molecule has 0 aliphatic rings. The molecule has 0 bridgehead atoms. The van der Waals surface area contributed by atoms with Gasteiger partial charge in [-0.1, -0.05) is 36.8 Å². The van der Waals surface area contributed by atoms with Gasteiger partial charge in [0.2, 0.25) is 0 Å². The topological polar surface area (TPSA) is 63.6 Å². The third kappa shape index (κ3) is 5.58. The zero-order valence-electron chi connectivity index (χ0n) is 13.0. The highest BCUT2D eigenvalue weighted by Crippen LogP contribution is 2.34. The van der Waals surface area contributed by atoms with Gasteiger partial charge < -0.3 is 9.84 Å². The quantitative estimate of drug-likeness (QED) is 0.745. The smallest absolute Gasteiger partial charge is 0.305 e. The van der Waals surface area contributed by atoms with E-state index in [1.165, 1.54) is 0 Å². The zero-order valence-corrected chi connectivity index (χ0v) is 13.0. The molecular formula is C17H24O4. The number of carboxylic acid groups (broad SMARTS) is 1. The largest absolute Gasteiger partial charge is 0.481 e. The standard InChI is InChI=1S/C17H24O4/c1-4-21-16(20)10-12-17(3,11-9-15(18)19)14-7-5-13(2)6-8-14/h5-8H,4,9-12H2,1-3H3,(H,18,19). The maximum Gasteiger partial charge on any atom is 0.305 e. The third-order valence-electron chi connectivity index (χ3n) is 3.83. The second kappa shape index (κ2) is 7.81. The molecule has 1 aromatic carbocycles. The van der Waals surface area contributed by atoms with Crippen molar-refractivity contribution in [3.8, 4) is 0 Å². The number of carbonyl (C=O) groups is 2. The van der Waals surface area contributed by atoms with Crippen LogP contribution >= 0.6 is 0 Å². The van der Waals surface area contributed by atoms with Crippen molar-refractivity contribution in [2.24, 2.45) is 0 Å². The van der Waals surface area contributed by atoms with Gasteiger partial charge in [-0.3, -0.25) is 9.59 Å². The summed E-state index contributed by atoms with van der Waals surface area (Å²) >= 11 is 0. The fourth-order valence-electron chi connectivity index (χ4n) is 2.36. The number of aryl methyl sites for hydroxylation is 1. The average molecular weight is 292 g/mol. The van der Waals surface area contributed by atoms with Crippen LogP contribution in [0.1, 0.15) is 50.7 Å². The van der Waals surface area contributed by atoms with Gasteiger partial charge >= 0.3 is 11.9 Å². The molecular weight excluding hydrogens is 268 g/mol. The van der Waals surface area contributed by atoms with Crippen molar-refractivity contribution < 1.29 is 19.4 Å². The second-order valence-electron chi connectivity index (χ2n) is 5.63. The minimum absolute atomic E-state index is 0.0905. The van der Waals surface area contributed by atoms with Crippen LogP contribution in [-0.2, 0) is 19.7 Å². The molecule has 0 heterocycles. The summed E-state index contributed by atoms with van der Waals surface area (Å²) in [5.74, 6) is -1.05. The van der Waals surface area contributed by atoms with Gasteiger partial charge in [-0.15, -0.1) is 0 Å². The van der Waals surface area contributed by atoms with Crippen molar-refractivity contribution in [3.63, 3.8) is 0 Å². The molecule has 0 spiro atoms. The predicted octanol–water partition coefficient (Wildman–Crippen LogP) is 3.46. The molecule has 0 radical (unpaired) electrons. The van der Waals surface area contributed by atoms with E-state index < -0.39 is 5.97 Å². The van der Waals surface area contributed by atoms with Gasteiger partial charge in [0.05, 0.1) is 6.61 Å². The summed E-state index contributed by atoms with van der Waals surface area (Å²) in [6, 6.07) is 8.06. The summed E-state index contributed by atoms with van der Waals surface area (Å²) in [7, 11) is 0. The van der Waals surface area contributed by atoms with Crippen LogP contribution in [0.2, 0.25) is 0 Å². The number of esters is 1. The fraction of sp³-hybridized carbons (Fsp3) is 0.529. The number of carbonyl (C=O) groups excluding carboxylic acids is 1. The lowest BCUT2D eigenvalue weighted by molar-refractivity contribution is -0.143. The lowest BCUT2D eigenvalue weighted by Crippen LogP contribution is -2.25. The lowest BCUT2D eigenvalue weighted by Gasteiger charge is -2.30. The van der Waals surface area contributed by atoms with Crippen molar-refractivity contribution in [1.29, 1.82) is 0 Å². The maximum absolute atomic E-state index is 11.6. The summed E-state index contributed by atoms with van der Waals surface area (Å²) in [6.45, 7) is 6.17. The van der Waals surface area contributed by atoms with Crippen molar-refractivity contribution in [2.45, 2.75) is 51.9 Å². The van der Waals surface area contributed by atoms with E-state index in [0.29, 0.717) is 25.9 Å². The number of ether oxygens (including phenoxy) is 1. The van der Waals surface area contributed by atoms with E-state index in [4.69, 9.17) is 9.84 Å². The van der Waals surface area contributed by atoms with Crippen LogP contribution in [0.25, 0.3) is 0 Å². The van der Waals surface area contributed by atoms with Gasteiger partial charge in [-0.2, -0.15) is 0 Å². The Labute approximate surface area is 126 Å².